The van der Waals surface area contributed by atoms with Crippen LogP contribution in [-0.4, -0.2) is 22.0 Å². The Labute approximate surface area is 194 Å². The molecule has 0 aliphatic heterocycles. The van der Waals surface area contributed by atoms with Crippen molar-refractivity contribution in [3.8, 4) is 0 Å². The summed E-state index contributed by atoms with van der Waals surface area (Å²) < 4.78 is 41.8. The largest absolute Gasteiger partial charge is 0.435 e. The van der Waals surface area contributed by atoms with Crippen LogP contribution in [0.15, 0.2) is 64.8 Å². The highest BCUT2D eigenvalue weighted by Crippen LogP contribution is 2.36. The van der Waals surface area contributed by atoms with Gasteiger partial charge >= 0.3 is 12.1 Å². The topological polar surface area (TPSA) is 56.5 Å². The van der Waals surface area contributed by atoms with Crippen molar-refractivity contribution in [2.45, 2.75) is 43.1 Å². The van der Waals surface area contributed by atoms with Crippen LogP contribution in [0.25, 0.3) is 0 Å². The number of aryl methyl sites for hydroxylation is 1. The minimum absolute atomic E-state index is 0.0101. The molecule has 0 spiro atoms. The maximum Gasteiger partial charge on any atom is 0.435 e. The van der Waals surface area contributed by atoms with Crippen LogP contribution in [0, 0.1) is 0 Å². The molecule has 0 unspecified atom stereocenters. The van der Waals surface area contributed by atoms with Gasteiger partial charge in [-0.1, -0.05) is 68.4 Å². The molecule has 1 aromatic heterocycles. The summed E-state index contributed by atoms with van der Waals surface area (Å²) >= 11 is 1.20. The molecule has 5 nitrogen and oxygen atoms in total. The zero-order valence-electron chi connectivity index (χ0n) is 18.7. The summed E-state index contributed by atoms with van der Waals surface area (Å²) in [5, 5.41) is 7.42. The van der Waals surface area contributed by atoms with E-state index in [-0.39, 0.29) is 21.6 Å². The number of hydrogen-bond donors (Lipinski definition) is 0. The van der Waals surface area contributed by atoms with E-state index in [1.54, 1.807) is 18.2 Å². The number of nitrogens with zero attached hydrogens (tertiary/aromatic N) is 3. The zero-order valence-corrected chi connectivity index (χ0v) is 19.5. The molecule has 9 heteroatoms. The lowest BCUT2D eigenvalue weighted by Gasteiger charge is -2.19. The third-order valence-electron chi connectivity index (χ3n) is 4.82. The number of benzene rings is 2. The van der Waals surface area contributed by atoms with E-state index < -0.39 is 17.8 Å². The lowest BCUT2D eigenvalue weighted by atomic mass is 9.87. The lowest BCUT2D eigenvalue weighted by molar-refractivity contribution is -0.141. The number of halogens is 3. The normalized spacial score (nSPS) is 12.3. The minimum atomic E-state index is -4.68. The first-order valence-electron chi connectivity index (χ1n) is 10.1. The number of oxime groups is 1. The zero-order chi connectivity index (χ0) is 24.2. The molecule has 33 heavy (non-hydrogen) atoms. The van der Waals surface area contributed by atoms with Crippen LogP contribution >= 0.6 is 11.8 Å². The number of alkyl halides is 3. The van der Waals surface area contributed by atoms with E-state index in [2.05, 4.69) is 31.0 Å². The Morgan fingerprint density at radius 3 is 2.30 bits per heavy atom. The number of carbonyl (C=O) groups is 1. The van der Waals surface area contributed by atoms with Gasteiger partial charge in [-0.05, 0) is 28.7 Å². The molecule has 0 saturated carbocycles. The lowest BCUT2D eigenvalue weighted by Crippen LogP contribution is -2.10. The second-order valence-electron chi connectivity index (χ2n) is 8.40. The van der Waals surface area contributed by atoms with Crippen LogP contribution in [0.1, 0.15) is 53.5 Å². The molecule has 0 atom stereocenters. The monoisotopic (exact) mass is 475 g/mol. The molecule has 1 heterocycles. The summed E-state index contributed by atoms with van der Waals surface area (Å²) in [5.74, 6) is -0.330. The fourth-order valence-electron chi connectivity index (χ4n) is 3.03. The average Bonchev–Trinajstić information content (AvgIpc) is 3.08. The van der Waals surface area contributed by atoms with Crippen molar-refractivity contribution in [2.24, 2.45) is 12.2 Å². The van der Waals surface area contributed by atoms with Crippen LogP contribution in [-0.2, 0) is 29.2 Å². The summed E-state index contributed by atoms with van der Waals surface area (Å²) in [6.45, 7) is 6.34. The highest BCUT2D eigenvalue weighted by atomic mass is 32.2. The Balaban J connectivity index is 1.81. The van der Waals surface area contributed by atoms with E-state index in [1.807, 2.05) is 24.3 Å². The second kappa shape index (κ2) is 9.82. The van der Waals surface area contributed by atoms with Gasteiger partial charge < -0.3 is 4.84 Å². The predicted molar refractivity (Wildman–Crippen MR) is 122 cm³/mol. The molecule has 0 aliphatic rings. The van der Waals surface area contributed by atoms with Gasteiger partial charge in [0.25, 0.3) is 0 Å². The van der Waals surface area contributed by atoms with Crippen molar-refractivity contribution in [2.75, 3.05) is 0 Å². The maximum absolute atomic E-state index is 13.6. The van der Waals surface area contributed by atoms with Gasteiger partial charge in [-0.3, -0.25) is 4.68 Å². The molecule has 3 aromatic rings. The fraction of sp³-hybridized carbons (Fsp3) is 0.292. The maximum atomic E-state index is 13.6. The Bertz CT molecular complexity index is 1130. The van der Waals surface area contributed by atoms with Crippen molar-refractivity contribution in [3.63, 3.8) is 0 Å². The number of carbonyl (C=O) groups excluding carboxylic acids is 1. The molecule has 0 bridgehead atoms. The van der Waals surface area contributed by atoms with Crippen LogP contribution in [0.2, 0.25) is 0 Å². The Morgan fingerprint density at radius 2 is 1.73 bits per heavy atom. The van der Waals surface area contributed by atoms with Gasteiger partial charge in [0.1, 0.15) is 5.03 Å². The molecule has 0 radical (unpaired) electrons. The average molecular weight is 476 g/mol. The van der Waals surface area contributed by atoms with Gasteiger partial charge in [0.2, 0.25) is 0 Å². The first kappa shape index (κ1) is 24.6. The highest BCUT2D eigenvalue weighted by molar-refractivity contribution is 7.98. The number of rotatable bonds is 6. The molecule has 0 amide bonds. The number of thioether (sulfide) groups is 1. The molecule has 174 valence electrons. The third kappa shape index (κ3) is 6.25. The summed E-state index contributed by atoms with van der Waals surface area (Å²) in [6.07, 6.45) is -3.79. The van der Waals surface area contributed by atoms with Crippen LogP contribution in [0.3, 0.4) is 0 Å². The molecular formula is C24H24F3N3O2S. The molecule has 3 rings (SSSR count). The molecular weight excluding hydrogens is 451 g/mol. The van der Waals surface area contributed by atoms with E-state index in [0.717, 1.165) is 16.5 Å². The van der Waals surface area contributed by atoms with Crippen molar-refractivity contribution >= 4 is 23.9 Å². The van der Waals surface area contributed by atoms with E-state index >= 15 is 0 Å². The third-order valence-corrected chi connectivity index (χ3v) is 6.06. The number of aromatic nitrogens is 2. The van der Waals surface area contributed by atoms with E-state index in [9.17, 15) is 18.0 Å². The summed E-state index contributed by atoms with van der Waals surface area (Å²) in [6, 6.07) is 16.0. The van der Waals surface area contributed by atoms with Crippen molar-refractivity contribution in [1.29, 1.82) is 0 Å². The SMILES string of the molecule is Cn1nc(C(F)(F)F)c(/C=N/OC(=O)c2ccccc2)c1SCc1ccc(C(C)(C)C)cc1. The predicted octanol–water partition coefficient (Wildman–Crippen LogP) is 6.22. The Morgan fingerprint density at radius 1 is 1.09 bits per heavy atom. The van der Waals surface area contributed by atoms with Crippen molar-refractivity contribution in [3.05, 3.63) is 82.5 Å². The second-order valence-corrected chi connectivity index (χ2v) is 9.37. The van der Waals surface area contributed by atoms with Gasteiger partial charge in [0, 0.05) is 12.8 Å². The fourth-order valence-corrected chi connectivity index (χ4v) is 4.06. The van der Waals surface area contributed by atoms with E-state index in [4.69, 9.17) is 4.84 Å². The van der Waals surface area contributed by atoms with Crippen LogP contribution < -0.4 is 0 Å². The molecule has 2 aromatic carbocycles. The standard InChI is InChI=1S/C24H24F3N3O2S/c1-23(2,3)18-12-10-16(11-13-18)15-33-21-19(20(24(25,26)27)29-30(21)4)14-28-32-22(31)17-8-6-5-7-9-17/h5-14H,15H2,1-4H3/b28-14+. The minimum Gasteiger partial charge on any atom is -0.313 e. The summed E-state index contributed by atoms with van der Waals surface area (Å²) in [7, 11) is 1.44. The molecule has 0 saturated heterocycles. The van der Waals surface area contributed by atoms with Gasteiger partial charge in [0.15, 0.2) is 5.69 Å². The van der Waals surface area contributed by atoms with Crippen LogP contribution in [0.4, 0.5) is 13.2 Å². The van der Waals surface area contributed by atoms with Gasteiger partial charge in [-0.15, -0.1) is 11.8 Å². The number of hydrogen-bond acceptors (Lipinski definition) is 5. The van der Waals surface area contributed by atoms with Gasteiger partial charge in [-0.25, -0.2) is 4.79 Å². The molecule has 0 aliphatic carbocycles. The van der Waals surface area contributed by atoms with E-state index in [0.29, 0.717) is 5.75 Å². The Kier molecular flexibility index (Phi) is 7.31. The summed E-state index contributed by atoms with van der Waals surface area (Å²) in [4.78, 5) is 16.8. The van der Waals surface area contributed by atoms with Crippen molar-refractivity contribution < 1.29 is 22.8 Å². The highest BCUT2D eigenvalue weighted by Gasteiger charge is 2.38. The smallest absolute Gasteiger partial charge is 0.313 e. The van der Waals surface area contributed by atoms with E-state index in [1.165, 1.54) is 36.5 Å². The molecule has 0 N–H and O–H groups in total. The Hall–Kier alpha value is -3.07. The van der Waals surface area contributed by atoms with Gasteiger partial charge in [0.05, 0.1) is 17.3 Å². The van der Waals surface area contributed by atoms with Crippen molar-refractivity contribution in [1.82, 2.24) is 9.78 Å². The first-order chi connectivity index (χ1) is 15.5. The van der Waals surface area contributed by atoms with Crippen LogP contribution in [0.5, 0.6) is 0 Å². The first-order valence-corrected chi connectivity index (χ1v) is 11.1. The summed E-state index contributed by atoms with van der Waals surface area (Å²) in [5.41, 5.74) is 1.05. The molecule has 0 fully saturated rings. The van der Waals surface area contributed by atoms with Gasteiger partial charge in [-0.2, -0.15) is 18.3 Å². The quantitative estimate of drug-likeness (QED) is 0.184.